The van der Waals surface area contributed by atoms with E-state index >= 15 is 0 Å². The van der Waals surface area contributed by atoms with Crippen molar-refractivity contribution >= 4 is 0 Å². The van der Waals surface area contributed by atoms with Gasteiger partial charge in [0.15, 0.2) is 0 Å². The van der Waals surface area contributed by atoms with E-state index in [1.807, 2.05) is 43.3 Å². The van der Waals surface area contributed by atoms with Crippen LogP contribution in [0.3, 0.4) is 0 Å². The first-order valence-electron chi connectivity index (χ1n) is 3.52. The second-order valence-electron chi connectivity index (χ2n) is 1.88. The molecule has 0 radical (unpaired) electrons. The minimum Gasteiger partial charge on any atom is -1.00 e. The van der Waals surface area contributed by atoms with Crippen molar-refractivity contribution in [3.05, 3.63) is 36.4 Å². The summed E-state index contributed by atoms with van der Waals surface area (Å²) in [6.07, 6.45) is 0.875. The fraction of sp³-hybridized carbons (Fsp3) is 0.333. The van der Waals surface area contributed by atoms with Crippen LogP contribution in [0.25, 0.3) is 0 Å². The van der Waals surface area contributed by atoms with E-state index in [0.29, 0.717) is 6.61 Å². The summed E-state index contributed by atoms with van der Waals surface area (Å²) in [4.78, 5) is 0. The third-order valence-corrected chi connectivity index (χ3v) is 0.890. The maximum atomic E-state index is 7.88. The molecule has 0 unspecified atom stereocenters. The van der Waals surface area contributed by atoms with Crippen molar-refractivity contribution in [1.82, 2.24) is 0 Å². The van der Waals surface area contributed by atoms with Crippen LogP contribution in [0.2, 0.25) is 0 Å². The van der Waals surface area contributed by atoms with E-state index in [4.69, 9.17) is 5.11 Å². The molecule has 58 valence electrons. The molecule has 0 fully saturated rings. The fourth-order valence-corrected chi connectivity index (χ4v) is 0.385. The van der Waals surface area contributed by atoms with Crippen LogP contribution in [0.1, 0.15) is 14.8 Å². The summed E-state index contributed by atoms with van der Waals surface area (Å²) in [6.45, 7) is 2.25. The molecular formula is C9H15KO. The van der Waals surface area contributed by atoms with Crippen LogP contribution in [-0.4, -0.2) is 11.7 Å². The van der Waals surface area contributed by atoms with E-state index in [1.165, 1.54) is 0 Å². The average Bonchev–Trinajstić information content (AvgIpc) is 2.08. The van der Waals surface area contributed by atoms with Gasteiger partial charge in [-0.05, 0) is 6.42 Å². The minimum absolute atomic E-state index is 0. The molecule has 1 nitrogen and oxygen atoms in total. The Balaban J connectivity index is -0.000000124. The van der Waals surface area contributed by atoms with E-state index in [0.717, 1.165) is 6.42 Å². The zero-order valence-electron chi connectivity index (χ0n) is 8.33. The molecule has 0 saturated carbocycles. The third-order valence-electron chi connectivity index (χ3n) is 0.890. The molecule has 2 heteroatoms. The molecule has 1 aromatic carbocycles. The molecule has 0 aliphatic heterocycles. The summed E-state index contributed by atoms with van der Waals surface area (Å²) in [5, 5.41) is 7.88. The molecule has 11 heavy (non-hydrogen) atoms. The van der Waals surface area contributed by atoms with Gasteiger partial charge in [0.2, 0.25) is 0 Å². The van der Waals surface area contributed by atoms with Crippen molar-refractivity contribution in [2.75, 3.05) is 6.61 Å². The summed E-state index contributed by atoms with van der Waals surface area (Å²) in [7, 11) is 0. The molecule has 0 aliphatic carbocycles. The Morgan fingerprint density at radius 1 is 1.00 bits per heavy atom. The SMILES string of the molecule is CCCO.[H-].[K+].c1ccccc1. The first-order valence-corrected chi connectivity index (χ1v) is 3.52. The molecule has 0 saturated heterocycles. The molecule has 1 aromatic rings. The fourth-order valence-electron chi connectivity index (χ4n) is 0.385. The second-order valence-corrected chi connectivity index (χ2v) is 1.88. The van der Waals surface area contributed by atoms with Gasteiger partial charge in [-0.2, -0.15) is 0 Å². The minimum atomic E-state index is 0. The monoisotopic (exact) mass is 178 g/mol. The molecule has 0 aliphatic rings. The summed E-state index contributed by atoms with van der Waals surface area (Å²) >= 11 is 0. The third kappa shape index (κ3) is 13.8. The number of hydrogen-bond acceptors (Lipinski definition) is 1. The van der Waals surface area contributed by atoms with Crippen LogP contribution in [0.5, 0.6) is 0 Å². The van der Waals surface area contributed by atoms with Gasteiger partial charge >= 0.3 is 51.4 Å². The van der Waals surface area contributed by atoms with Gasteiger partial charge in [0.1, 0.15) is 0 Å². The first kappa shape index (κ1) is 14.3. The molecule has 0 bridgehead atoms. The topological polar surface area (TPSA) is 20.2 Å². The Kier molecular flexibility index (Phi) is 17.5. The summed E-state index contributed by atoms with van der Waals surface area (Å²) < 4.78 is 0. The quantitative estimate of drug-likeness (QED) is 0.558. The maximum Gasteiger partial charge on any atom is 1.00 e. The van der Waals surface area contributed by atoms with E-state index < -0.39 is 0 Å². The summed E-state index contributed by atoms with van der Waals surface area (Å²) in [6, 6.07) is 12.0. The predicted octanol–water partition coefficient (Wildman–Crippen LogP) is -0.808. The number of rotatable bonds is 1. The van der Waals surface area contributed by atoms with Crippen LogP contribution in [0.4, 0.5) is 0 Å². The van der Waals surface area contributed by atoms with Gasteiger partial charge in [0, 0.05) is 6.61 Å². The Morgan fingerprint density at radius 3 is 1.27 bits per heavy atom. The van der Waals surface area contributed by atoms with Crippen LogP contribution >= 0.6 is 0 Å². The molecule has 0 heterocycles. The van der Waals surface area contributed by atoms with Crippen LogP contribution in [0.15, 0.2) is 36.4 Å². The van der Waals surface area contributed by atoms with Gasteiger partial charge in [-0.15, -0.1) is 0 Å². The number of benzene rings is 1. The van der Waals surface area contributed by atoms with E-state index in [1.54, 1.807) is 0 Å². The summed E-state index contributed by atoms with van der Waals surface area (Å²) in [5.41, 5.74) is 0. The van der Waals surface area contributed by atoms with Crippen molar-refractivity contribution in [1.29, 1.82) is 0 Å². The van der Waals surface area contributed by atoms with Crippen molar-refractivity contribution in [3.8, 4) is 0 Å². The predicted molar refractivity (Wildman–Crippen MR) is 44.9 cm³/mol. The van der Waals surface area contributed by atoms with Gasteiger partial charge < -0.3 is 6.53 Å². The largest absolute Gasteiger partial charge is 1.00 e. The second kappa shape index (κ2) is 13.4. The maximum absolute atomic E-state index is 7.88. The number of aliphatic hydroxyl groups excluding tert-OH is 1. The van der Waals surface area contributed by atoms with Crippen molar-refractivity contribution in [2.24, 2.45) is 0 Å². The van der Waals surface area contributed by atoms with E-state index in [2.05, 4.69) is 0 Å². The zero-order valence-corrected chi connectivity index (χ0v) is 10.4. The smallest absolute Gasteiger partial charge is 1.00 e. The number of hydrogen-bond donors (Lipinski definition) is 1. The van der Waals surface area contributed by atoms with Crippen molar-refractivity contribution in [2.45, 2.75) is 13.3 Å². The molecule has 1 rings (SSSR count). The van der Waals surface area contributed by atoms with Gasteiger partial charge in [-0.25, -0.2) is 0 Å². The van der Waals surface area contributed by atoms with Crippen LogP contribution in [0, 0.1) is 0 Å². The number of aliphatic hydroxyl groups is 1. The molecule has 0 spiro atoms. The average molecular weight is 178 g/mol. The molecule has 1 N–H and O–H groups in total. The van der Waals surface area contributed by atoms with Gasteiger partial charge in [-0.1, -0.05) is 43.3 Å². The Labute approximate surface area is 113 Å². The Morgan fingerprint density at radius 2 is 1.18 bits per heavy atom. The molecule has 0 amide bonds. The molecular weight excluding hydrogens is 163 g/mol. The van der Waals surface area contributed by atoms with Gasteiger partial charge in [0.05, 0.1) is 0 Å². The zero-order chi connectivity index (χ0) is 7.66. The van der Waals surface area contributed by atoms with Crippen molar-refractivity contribution < 1.29 is 57.9 Å². The molecule has 0 aromatic heterocycles. The normalized spacial score (nSPS) is 7.09. The van der Waals surface area contributed by atoms with E-state index in [9.17, 15) is 0 Å². The Bertz CT molecular complexity index is 106. The van der Waals surface area contributed by atoms with Crippen LogP contribution in [-0.2, 0) is 0 Å². The first-order chi connectivity index (χ1) is 4.91. The van der Waals surface area contributed by atoms with E-state index in [-0.39, 0.29) is 52.8 Å². The molecule has 0 atom stereocenters. The van der Waals surface area contributed by atoms with Gasteiger partial charge in [0.25, 0.3) is 0 Å². The summed E-state index contributed by atoms with van der Waals surface area (Å²) in [5.74, 6) is 0. The van der Waals surface area contributed by atoms with Crippen LogP contribution < -0.4 is 51.4 Å². The standard InChI is InChI=1S/C6H6.C3H8O.K.H/c1-2-4-6-5-3-1;1-2-3-4;;/h1-6H;4H,2-3H2,1H3;;/q;;+1;-1. The Hall–Kier alpha value is 0.816. The van der Waals surface area contributed by atoms with Crippen molar-refractivity contribution in [3.63, 3.8) is 0 Å². The van der Waals surface area contributed by atoms with Gasteiger partial charge in [-0.3, -0.25) is 0 Å².